The molecule has 6 saturated heterocycles. The lowest BCUT2D eigenvalue weighted by molar-refractivity contribution is -0.140. The minimum absolute atomic E-state index is 0.0742. The second-order valence-electron chi connectivity index (χ2n) is 28.6. The molecule has 1 aromatic rings. The van der Waals surface area contributed by atoms with Gasteiger partial charge in [-0.1, -0.05) is 105 Å². The van der Waals surface area contributed by atoms with E-state index < -0.39 is 53.7 Å². The number of rotatable bonds is 35. The number of urea groups is 2. The highest BCUT2D eigenvalue weighted by molar-refractivity contribution is 8.00. The van der Waals surface area contributed by atoms with Crippen LogP contribution in [0.2, 0.25) is 0 Å². The monoisotopic (exact) mass is 1320 g/mol. The van der Waals surface area contributed by atoms with Crippen molar-refractivity contribution >= 4 is 88.5 Å². The summed E-state index contributed by atoms with van der Waals surface area (Å²) in [5, 5.41) is 29.8. The molecule has 0 radical (unpaired) electrons. The molecule has 512 valence electrons. The maximum absolute atomic E-state index is 13.7. The molecule has 7 aliphatic rings. The number of nitrogens with one attached hydrogen (secondary N) is 10. The Morgan fingerprint density at radius 2 is 1.05 bits per heavy atom. The van der Waals surface area contributed by atoms with Crippen molar-refractivity contribution in [1.29, 1.82) is 0 Å². The van der Waals surface area contributed by atoms with Crippen LogP contribution < -0.4 is 53.2 Å². The number of unbranched alkanes of at least 4 members (excludes halogenated alkanes) is 2. The minimum atomic E-state index is -0.975. The molecule has 8 rings (SSSR count). The third-order valence-corrected chi connectivity index (χ3v) is 21.5. The lowest BCUT2D eigenvalue weighted by Gasteiger charge is -2.28. The number of epoxide rings is 1. The van der Waals surface area contributed by atoms with Crippen LogP contribution in [-0.4, -0.2) is 178 Å². The third kappa shape index (κ3) is 21.8. The number of hydrogen-bond acceptors (Lipinski definition) is 14. The van der Waals surface area contributed by atoms with Crippen LogP contribution in [0.5, 0.6) is 0 Å². The first-order valence-electron chi connectivity index (χ1n) is 33.8. The number of benzene rings is 1. The standard InChI is InChI=1S/C35H50N6O7S.C32H55N5O5S/c1-21(2)16-23(31(44)35(3)20-48-35)37-32(45)24(17-22-10-5-4-6-11-22)38-33(46)26-12-9-15-41(26)29(43)18-36-28(42)14-8-7-13-27-30-25(19-49-27)39-34(47)40-30;1-18(2)14-21(28(39)32(7)12-13-32)34-30(41)23(16-20(5)6)35-29(40)22(15-19(3)4)33-26(38)11-9-8-10-25-27-24(17-43-25)36-31(42)37-27/h4-6,10-11,21,23-27,30H,7-9,12-20H2,1-3H3,(H,36,42)(H,37,45)(H,38,46)(H2,39,40,47);18-25,27H,8-17H2,1-7H3,(H,33,38)(H,34,41)(H,35,40)(H2,36,37,42)/t23-,24-,25-,26-,27?,30-,35+;21-,22-,23-,24-,25?,27-/m00/s1. The summed E-state index contributed by atoms with van der Waals surface area (Å²) in [6.45, 7) is 20.1. The maximum Gasteiger partial charge on any atom is 0.315 e. The Morgan fingerprint density at radius 1 is 0.587 bits per heavy atom. The van der Waals surface area contributed by atoms with Gasteiger partial charge in [-0.15, -0.1) is 0 Å². The van der Waals surface area contributed by atoms with Crippen molar-refractivity contribution in [3.63, 3.8) is 0 Å². The Hall–Kier alpha value is -5.95. The van der Waals surface area contributed by atoms with Gasteiger partial charge in [-0.25, -0.2) is 9.59 Å². The number of ether oxygens (including phenoxy) is 1. The second-order valence-corrected chi connectivity index (χ2v) is 31.2. The number of thioether (sulfide) groups is 2. The topological polar surface area (TPSA) is 324 Å². The molecule has 11 amide bonds. The zero-order valence-electron chi connectivity index (χ0n) is 55.8. The summed E-state index contributed by atoms with van der Waals surface area (Å²) in [5.74, 6) is -0.0527. The van der Waals surface area contributed by atoms with Crippen LogP contribution in [0, 0.1) is 29.1 Å². The quantitative estimate of drug-likeness (QED) is 0.0240. The van der Waals surface area contributed by atoms with Crippen molar-refractivity contribution < 1.29 is 57.5 Å². The SMILES string of the molecule is CC(C)C[C@H](NC(=O)CCCCC1SC[C@@H]2NC(=O)N[C@H]12)C(=O)N[C@@H](CC(C)C)C(=O)N[C@@H](CC(C)C)C(=O)C1(C)CC1.CC(C)C[C@H](NC(=O)[C@H](Cc1ccccc1)NC(=O)[C@@H]1CCCN1C(=O)CNC(=O)CCCCC1SC[C@@H]2NC(=O)N[C@H]12)C(=O)[C@@]1(C)CO1. The van der Waals surface area contributed by atoms with Crippen LogP contribution >= 0.6 is 23.5 Å². The van der Waals surface area contributed by atoms with E-state index in [0.29, 0.717) is 81.4 Å². The molecule has 6 heterocycles. The Morgan fingerprint density at radius 3 is 1.55 bits per heavy atom. The van der Waals surface area contributed by atoms with E-state index in [4.69, 9.17) is 4.74 Å². The molecule has 13 atom stereocenters. The molecule has 92 heavy (non-hydrogen) atoms. The second kappa shape index (κ2) is 33.9. The summed E-state index contributed by atoms with van der Waals surface area (Å²) < 4.78 is 5.37. The van der Waals surface area contributed by atoms with Crippen LogP contribution in [0.15, 0.2) is 30.3 Å². The molecule has 1 aliphatic carbocycles. The van der Waals surface area contributed by atoms with Gasteiger partial charge in [-0.2, -0.15) is 23.5 Å². The first kappa shape index (κ1) is 73.5. The van der Waals surface area contributed by atoms with Gasteiger partial charge >= 0.3 is 12.1 Å². The molecule has 0 aromatic heterocycles. The fourth-order valence-electron chi connectivity index (χ4n) is 12.9. The van der Waals surface area contributed by atoms with E-state index in [1.165, 1.54) is 4.90 Å². The molecular weight excluding hydrogens is 1210 g/mol. The van der Waals surface area contributed by atoms with Crippen molar-refractivity contribution in [2.75, 3.05) is 31.2 Å². The zero-order chi connectivity index (χ0) is 67.0. The number of nitrogens with zero attached hydrogens (tertiary/aromatic N) is 1. The van der Waals surface area contributed by atoms with Crippen molar-refractivity contribution in [1.82, 2.24) is 58.1 Å². The molecule has 23 nitrogen and oxygen atoms in total. The molecule has 1 saturated carbocycles. The van der Waals surface area contributed by atoms with E-state index in [2.05, 4.69) is 53.2 Å². The number of amides is 11. The molecule has 7 fully saturated rings. The Bertz CT molecular complexity index is 2760. The molecule has 0 bridgehead atoms. The Kier molecular flexibility index (Phi) is 27.1. The van der Waals surface area contributed by atoms with Crippen LogP contribution in [0.1, 0.15) is 178 Å². The van der Waals surface area contributed by atoms with Crippen LogP contribution in [0.3, 0.4) is 0 Å². The number of carbonyl (C=O) groups is 11. The van der Waals surface area contributed by atoms with Gasteiger partial charge in [0.05, 0.1) is 49.4 Å². The summed E-state index contributed by atoms with van der Waals surface area (Å²) in [6, 6.07) is 5.10. The van der Waals surface area contributed by atoms with Gasteiger partial charge in [0.15, 0.2) is 11.6 Å². The van der Waals surface area contributed by atoms with E-state index in [9.17, 15) is 52.7 Å². The number of ketones is 2. The molecule has 1 aromatic carbocycles. The number of hydrogen-bond donors (Lipinski definition) is 10. The highest BCUT2D eigenvalue weighted by Crippen LogP contribution is 2.47. The Balaban J connectivity index is 0.000000263. The lowest BCUT2D eigenvalue weighted by Crippen LogP contribution is -2.57. The average Bonchev–Trinajstić information content (AvgIpc) is 1.67. The van der Waals surface area contributed by atoms with Gasteiger partial charge in [0.1, 0.15) is 29.8 Å². The van der Waals surface area contributed by atoms with Crippen LogP contribution in [0.4, 0.5) is 9.59 Å². The number of fused-ring (bicyclic) bond motifs is 2. The predicted octanol–water partition coefficient (Wildman–Crippen LogP) is 5.11. The average molecular weight is 1320 g/mol. The van der Waals surface area contributed by atoms with E-state index >= 15 is 0 Å². The number of likely N-dealkylation sites (tertiary alicyclic amines) is 1. The molecule has 0 spiro atoms. The summed E-state index contributed by atoms with van der Waals surface area (Å²) in [6.07, 6.45) is 10.3. The van der Waals surface area contributed by atoms with Gasteiger partial charge in [-0.05, 0) is 113 Å². The van der Waals surface area contributed by atoms with Crippen molar-refractivity contribution in [2.24, 2.45) is 29.1 Å². The highest BCUT2D eigenvalue weighted by atomic mass is 32.2. The first-order chi connectivity index (χ1) is 43.6. The minimum Gasteiger partial charge on any atom is -0.361 e. The van der Waals surface area contributed by atoms with Gasteiger partial charge in [0.2, 0.25) is 41.4 Å². The normalized spacial score (nSPS) is 25.5. The fraction of sp³-hybridized carbons (Fsp3) is 0.746. The van der Waals surface area contributed by atoms with Crippen molar-refractivity contribution in [2.45, 2.75) is 255 Å². The predicted molar refractivity (Wildman–Crippen MR) is 355 cm³/mol. The van der Waals surface area contributed by atoms with Gasteiger partial charge < -0.3 is 62.8 Å². The lowest BCUT2D eigenvalue weighted by atomic mass is 9.90. The third-order valence-electron chi connectivity index (χ3n) is 18.5. The Labute approximate surface area is 552 Å². The van der Waals surface area contributed by atoms with Gasteiger partial charge in [0, 0.05) is 53.2 Å². The summed E-state index contributed by atoms with van der Waals surface area (Å²) in [4.78, 5) is 144. The molecular formula is C67H105N11O12S2. The van der Waals surface area contributed by atoms with Crippen molar-refractivity contribution in [3.05, 3.63) is 35.9 Å². The number of Topliss-reactive ketones (excluding diaryl/α,β-unsaturated/α-hetero) is 2. The summed E-state index contributed by atoms with van der Waals surface area (Å²) in [7, 11) is 0. The molecule has 25 heteroatoms. The molecule has 2 unspecified atom stereocenters. The van der Waals surface area contributed by atoms with E-state index in [0.717, 1.165) is 55.6 Å². The summed E-state index contributed by atoms with van der Waals surface area (Å²) in [5.41, 5.74) is -0.432. The molecule has 10 N–H and O–H groups in total. The maximum atomic E-state index is 13.7. The molecule has 6 aliphatic heterocycles. The summed E-state index contributed by atoms with van der Waals surface area (Å²) >= 11 is 3.70. The zero-order valence-corrected chi connectivity index (χ0v) is 57.5. The van der Waals surface area contributed by atoms with E-state index in [-0.39, 0.29) is 126 Å². The first-order valence-corrected chi connectivity index (χ1v) is 35.9. The van der Waals surface area contributed by atoms with E-state index in [1.807, 2.05) is 116 Å². The number of carbonyl (C=O) groups excluding carboxylic acids is 11. The van der Waals surface area contributed by atoms with Crippen LogP contribution in [-0.2, 0) is 54.3 Å². The fourth-order valence-corrected chi connectivity index (χ4v) is 16.0. The highest BCUT2D eigenvalue weighted by Gasteiger charge is 2.51. The largest absolute Gasteiger partial charge is 0.361 e. The smallest absolute Gasteiger partial charge is 0.315 e. The van der Waals surface area contributed by atoms with Crippen LogP contribution in [0.25, 0.3) is 0 Å². The van der Waals surface area contributed by atoms with Crippen molar-refractivity contribution in [3.8, 4) is 0 Å². The van der Waals surface area contributed by atoms with Gasteiger partial charge in [0.25, 0.3) is 0 Å². The van der Waals surface area contributed by atoms with E-state index in [1.54, 1.807) is 6.92 Å². The van der Waals surface area contributed by atoms with Gasteiger partial charge in [-0.3, -0.25) is 43.2 Å².